The normalized spacial score (nSPS) is 15.4. The van der Waals surface area contributed by atoms with Crippen LogP contribution in [0.25, 0.3) is 0 Å². The van der Waals surface area contributed by atoms with E-state index in [9.17, 15) is 8.78 Å². The van der Waals surface area contributed by atoms with E-state index in [1.807, 2.05) is 12.1 Å². The maximum Gasteiger partial charge on any atom is 0.193 e. The van der Waals surface area contributed by atoms with Crippen molar-refractivity contribution < 1.29 is 8.78 Å². The number of nitrogens with zero attached hydrogens (tertiary/aromatic N) is 4. The van der Waals surface area contributed by atoms with Gasteiger partial charge in [-0.15, -0.1) is 24.0 Å². The molecule has 1 aliphatic rings. The first kappa shape index (κ1) is 21.3. The van der Waals surface area contributed by atoms with Crippen LogP contribution in [0, 0.1) is 11.6 Å². The third-order valence-corrected chi connectivity index (χ3v) is 4.26. The van der Waals surface area contributed by atoms with Crippen molar-refractivity contribution in [2.45, 2.75) is 6.54 Å². The number of hydrogen-bond acceptors (Lipinski definition) is 4. The molecule has 6 nitrogen and oxygen atoms in total. The van der Waals surface area contributed by atoms with Gasteiger partial charge in [0, 0.05) is 38.4 Å². The van der Waals surface area contributed by atoms with Crippen LogP contribution in [-0.2, 0) is 6.54 Å². The van der Waals surface area contributed by atoms with Crippen molar-refractivity contribution in [1.29, 1.82) is 0 Å². The van der Waals surface area contributed by atoms with Gasteiger partial charge in [-0.2, -0.15) is 0 Å². The third kappa shape index (κ3) is 5.99. The monoisotopic (exact) mass is 488 g/mol. The minimum atomic E-state index is -0.592. The van der Waals surface area contributed by atoms with E-state index in [2.05, 4.69) is 32.1 Å². The zero-order valence-corrected chi connectivity index (χ0v) is 17.4. The molecule has 0 atom stereocenters. The number of guanidine groups is 1. The molecule has 146 valence electrons. The summed E-state index contributed by atoms with van der Waals surface area (Å²) in [7, 11) is 2.10. The molecule has 0 radical (unpaired) electrons. The Labute approximate surface area is 174 Å². The number of anilines is 2. The maximum atomic E-state index is 13.6. The summed E-state index contributed by atoms with van der Waals surface area (Å²) in [5.74, 6) is -0.209. The molecule has 0 unspecified atom stereocenters. The molecule has 1 aromatic carbocycles. The molecule has 3 N–H and O–H groups in total. The van der Waals surface area contributed by atoms with E-state index >= 15 is 0 Å². The summed E-state index contributed by atoms with van der Waals surface area (Å²) in [5, 5.41) is 2.59. The number of halogens is 3. The van der Waals surface area contributed by atoms with Crippen LogP contribution in [0.4, 0.5) is 20.3 Å². The van der Waals surface area contributed by atoms with E-state index < -0.39 is 11.6 Å². The molecule has 0 aliphatic carbocycles. The molecule has 0 spiro atoms. The summed E-state index contributed by atoms with van der Waals surface area (Å²) in [6.45, 7) is 4.18. The lowest BCUT2D eigenvalue weighted by Crippen LogP contribution is -2.44. The Bertz CT molecular complexity index is 793. The van der Waals surface area contributed by atoms with Gasteiger partial charge in [-0.3, -0.25) is 0 Å². The summed E-state index contributed by atoms with van der Waals surface area (Å²) in [6, 6.07) is 6.96. The molecule has 9 heteroatoms. The summed E-state index contributed by atoms with van der Waals surface area (Å²) >= 11 is 0. The van der Waals surface area contributed by atoms with E-state index in [4.69, 9.17) is 5.73 Å². The highest BCUT2D eigenvalue weighted by Gasteiger charge is 2.15. The highest BCUT2D eigenvalue weighted by atomic mass is 127. The van der Waals surface area contributed by atoms with Crippen LogP contribution in [0.2, 0.25) is 0 Å². The maximum absolute atomic E-state index is 13.6. The van der Waals surface area contributed by atoms with Gasteiger partial charge in [0.05, 0.1) is 12.2 Å². The van der Waals surface area contributed by atoms with Crippen molar-refractivity contribution in [3.8, 4) is 0 Å². The first-order chi connectivity index (χ1) is 12.5. The lowest BCUT2D eigenvalue weighted by atomic mass is 10.2. The predicted molar refractivity (Wildman–Crippen MR) is 115 cm³/mol. The van der Waals surface area contributed by atoms with Crippen molar-refractivity contribution >= 4 is 41.4 Å². The van der Waals surface area contributed by atoms with Gasteiger partial charge in [0.25, 0.3) is 0 Å². The molecule has 3 rings (SSSR count). The summed E-state index contributed by atoms with van der Waals surface area (Å²) in [4.78, 5) is 13.1. The number of aliphatic imine (C=N–C) groups is 1. The number of rotatable bonds is 4. The van der Waals surface area contributed by atoms with Gasteiger partial charge in [-0.25, -0.2) is 18.8 Å². The molecular formula is C18H23F2IN6. The van der Waals surface area contributed by atoms with E-state index in [0.29, 0.717) is 6.54 Å². The van der Waals surface area contributed by atoms with Crippen LogP contribution >= 0.6 is 24.0 Å². The number of piperazine rings is 1. The van der Waals surface area contributed by atoms with Crippen LogP contribution in [0.1, 0.15) is 5.56 Å². The molecule has 1 saturated heterocycles. The number of likely N-dealkylation sites (N-methyl/N-ethyl adjacent to an activating group) is 1. The fourth-order valence-electron chi connectivity index (χ4n) is 2.71. The van der Waals surface area contributed by atoms with Crippen molar-refractivity contribution in [2.24, 2.45) is 10.7 Å². The van der Waals surface area contributed by atoms with Crippen molar-refractivity contribution in [2.75, 3.05) is 43.4 Å². The van der Waals surface area contributed by atoms with Gasteiger partial charge in [-0.1, -0.05) is 0 Å². The molecule has 0 saturated carbocycles. The minimum Gasteiger partial charge on any atom is -0.370 e. The van der Waals surface area contributed by atoms with Gasteiger partial charge in [0.1, 0.15) is 17.5 Å². The van der Waals surface area contributed by atoms with E-state index in [1.54, 1.807) is 6.20 Å². The summed E-state index contributed by atoms with van der Waals surface area (Å²) < 4.78 is 26.8. The molecule has 1 aliphatic heterocycles. The highest BCUT2D eigenvalue weighted by Crippen LogP contribution is 2.16. The molecular weight excluding hydrogens is 465 g/mol. The average Bonchev–Trinajstić information content (AvgIpc) is 2.64. The first-order valence-corrected chi connectivity index (χ1v) is 8.41. The van der Waals surface area contributed by atoms with Gasteiger partial charge < -0.3 is 20.9 Å². The zero-order valence-electron chi connectivity index (χ0n) is 15.0. The van der Waals surface area contributed by atoms with Crippen molar-refractivity contribution in [3.05, 3.63) is 53.7 Å². The molecule has 27 heavy (non-hydrogen) atoms. The summed E-state index contributed by atoms with van der Waals surface area (Å²) in [5.41, 5.74) is 6.69. The van der Waals surface area contributed by atoms with E-state index in [0.717, 1.165) is 55.8 Å². The third-order valence-electron chi connectivity index (χ3n) is 4.26. The van der Waals surface area contributed by atoms with Gasteiger partial charge in [0.15, 0.2) is 5.96 Å². The quantitative estimate of drug-likeness (QED) is 0.394. The highest BCUT2D eigenvalue weighted by molar-refractivity contribution is 14.0. The van der Waals surface area contributed by atoms with Crippen molar-refractivity contribution in [3.63, 3.8) is 0 Å². The van der Waals surface area contributed by atoms with Gasteiger partial charge in [-0.05, 0) is 36.9 Å². The SMILES string of the molecule is CN1CCN(c2cc(CN=C(N)Nc3cc(F)ccc3F)ccn2)CC1.I. The number of hydrogen-bond donors (Lipinski definition) is 2. The minimum absolute atomic E-state index is 0. The number of aromatic nitrogens is 1. The molecule has 0 bridgehead atoms. The van der Waals surface area contributed by atoms with Crippen molar-refractivity contribution in [1.82, 2.24) is 9.88 Å². The molecule has 1 fully saturated rings. The van der Waals surface area contributed by atoms with Crippen LogP contribution in [-0.4, -0.2) is 49.1 Å². The Morgan fingerprint density at radius 2 is 1.93 bits per heavy atom. The number of nitrogens with two attached hydrogens (primary N) is 1. The largest absolute Gasteiger partial charge is 0.370 e. The van der Waals surface area contributed by atoms with Crippen LogP contribution in [0.3, 0.4) is 0 Å². The molecule has 2 heterocycles. The Kier molecular flexibility index (Phi) is 7.72. The second-order valence-electron chi connectivity index (χ2n) is 6.26. The van der Waals surface area contributed by atoms with Crippen LogP contribution in [0.5, 0.6) is 0 Å². The zero-order chi connectivity index (χ0) is 18.5. The Morgan fingerprint density at radius 3 is 2.67 bits per heavy atom. The van der Waals surface area contributed by atoms with Crippen LogP contribution < -0.4 is 16.0 Å². The molecule has 1 aromatic heterocycles. The fourth-order valence-corrected chi connectivity index (χ4v) is 2.71. The predicted octanol–water partition coefficient (Wildman–Crippen LogP) is 2.66. The number of pyridine rings is 1. The standard InChI is InChI=1S/C18H22F2N6.HI/c1-25-6-8-26(9-7-25)17-10-13(4-5-22-17)12-23-18(21)24-16-11-14(19)2-3-15(16)20;/h2-5,10-11H,6-9,12H2,1H3,(H3,21,23,24);1H. The van der Waals surface area contributed by atoms with E-state index in [-0.39, 0.29) is 35.6 Å². The average molecular weight is 488 g/mol. The first-order valence-electron chi connectivity index (χ1n) is 8.41. The van der Waals surface area contributed by atoms with Gasteiger partial charge >= 0.3 is 0 Å². The lowest BCUT2D eigenvalue weighted by Gasteiger charge is -2.33. The summed E-state index contributed by atoms with van der Waals surface area (Å²) in [6.07, 6.45) is 1.74. The second-order valence-corrected chi connectivity index (χ2v) is 6.26. The lowest BCUT2D eigenvalue weighted by molar-refractivity contribution is 0.312. The topological polar surface area (TPSA) is 69.8 Å². The van der Waals surface area contributed by atoms with Crippen LogP contribution in [0.15, 0.2) is 41.5 Å². The number of benzene rings is 1. The Balaban J connectivity index is 0.00000261. The second kappa shape index (κ2) is 9.79. The van der Waals surface area contributed by atoms with Gasteiger partial charge in [0.2, 0.25) is 0 Å². The Morgan fingerprint density at radius 1 is 1.19 bits per heavy atom. The fraction of sp³-hybridized carbons (Fsp3) is 0.333. The number of nitrogens with one attached hydrogen (secondary N) is 1. The molecule has 2 aromatic rings. The van der Waals surface area contributed by atoms with E-state index in [1.165, 1.54) is 0 Å². The Hall–Kier alpha value is -2.01. The smallest absolute Gasteiger partial charge is 0.193 e. The molecule has 0 amide bonds.